The molecule has 1 atom stereocenters. The lowest BCUT2D eigenvalue weighted by atomic mass is 9.90. The SMILES string of the molecule is Cn1c2c(sc1=O)[C@@H](c1ccc(F)c(F)c1F)CC(=O)N2c1ccccc1. The van der Waals surface area contributed by atoms with Crippen molar-refractivity contribution in [3.63, 3.8) is 0 Å². The second kappa shape index (κ2) is 6.38. The van der Waals surface area contributed by atoms with E-state index >= 15 is 0 Å². The van der Waals surface area contributed by atoms with Crippen LogP contribution < -0.4 is 9.77 Å². The molecule has 27 heavy (non-hydrogen) atoms. The third-order valence-electron chi connectivity index (χ3n) is 4.62. The number of carbonyl (C=O) groups excluding carboxylic acids is 1. The summed E-state index contributed by atoms with van der Waals surface area (Å²) in [4.78, 5) is 26.7. The minimum atomic E-state index is -1.59. The molecule has 1 aliphatic heterocycles. The molecule has 3 aromatic rings. The molecule has 2 heterocycles. The molecular formula is C19H13F3N2O2S. The minimum Gasteiger partial charge on any atom is -0.288 e. The van der Waals surface area contributed by atoms with Crippen molar-refractivity contribution in [3.05, 3.63) is 80.0 Å². The van der Waals surface area contributed by atoms with Crippen LogP contribution in [0.2, 0.25) is 0 Å². The summed E-state index contributed by atoms with van der Waals surface area (Å²) in [5, 5.41) is 0. The minimum absolute atomic E-state index is 0.141. The fourth-order valence-electron chi connectivity index (χ4n) is 3.33. The first-order valence-electron chi connectivity index (χ1n) is 8.11. The highest BCUT2D eigenvalue weighted by molar-refractivity contribution is 7.10. The molecule has 1 amide bonds. The van der Waals surface area contributed by atoms with Crippen molar-refractivity contribution in [3.8, 4) is 0 Å². The molecule has 1 aliphatic rings. The van der Waals surface area contributed by atoms with Crippen LogP contribution in [0.15, 0.2) is 47.3 Å². The number of fused-ring (bicyclic) bond motifs is 1. The van der Waals surface area contributed by atoms with Gasteiger partial charge >= 0.3 is 4.87 Å². The smallest absolute Gasteiger partial charge is 0.288 e. The standard InChI is InChI=1S/C19H13F3N2O2S/c1-23-18-17(27-19(23)26)12(11-7-8-13(20)16(22)15(11)21)9-14(25)24(18)10-5-3-2-4-6-10/h2-8,12H,9H2,1H3/t12-/m1/s1. The van der Waals surface area contributed by atoms with Crippen molar-refractivity contribution in [2.24, 2.45) is 7.05 Å². The number of amides is 1. The molecule has 8 heteroatoms. The van der Waals surface area contributed by atoms with Gasteiger partial charge in [-0.25, -0.2) is 13.2 Å². The average Bonchev–Trinajstić information content (AvgIpc) is 2.95. The lowest BCUT2D eigenvalue weighted by molar-refractivity contribution is -0.118. The number of para-hydroxylation sites is 1. The maximum atomic E-state index is 14.4. The fourth-order valence-corrected chi connectivity index (χ4v) is 4.41. The molecule has 0 saturated carbocycles. The monoisotopic (exact) mass is 390 g/mol. The van der Waals surface area contributed by atoms with Crippen molar-refractivity contribution in [1.29, 1.82) is 0 Å². The van der Waals surface area contributed by atoms with Gasteiger partial charge in [0.25, 0.3) is 0 Å². The Labute approximate surface area is 156 Å². The van der Waals surface area contributed by atoms with Crippen molar-refractivity contribution in [2.75, 3.05) is 4.90 Å². The largest absolute Gasteiger partial charge is 0.308 e. The van der Waals surface area contributed by atoms with E-state index in [2.05, 4.69) is 0 Å². The first-order valence-corrected chi connectivity index (χ1v) is 8.93. The Morgan fingerprint density at radius 3 is 2.41 bits per heavy atom. The van der Waals surface area contributed by atoms with Crippen LogP contribution in [0.3, 0.4) is 0 Å². The zero-order valence-corrected chi connectivity index (χ0v) is 14.9. The number of halogens is 3. The number of nitrogens with zero attached hydrogens (tertiary/aromatic N) is 2. The van der Waals surface area contributed by atoms with E-state index in [1.54, 1.807) is 30.3 Å². The van der Waals surface area contributed by atoms with Crippen molar-refractivity contribution >= 4 is 28.7 Å². The van der Waals surface area contributed by atoms with Gasteiger partial charge in [0.05, 0.1) is 10.6 Å². The van der Waals surface area contributed by atoms with Crippen LogP contribution in [0.5, 0.6) is 0 Å². The second-order valence-corrected chi connectivity index (χ2v) is 7.19. The van der Waals surface area contributed by atoms with Crippen LogP contribution >= 0.6 is 11.3 Å². The Hall–Kier alpha value is -2.87. The molecule has 0 bridgehead atoms. The molecule has 4 nitrogen and oxygen atoms in total. The number of hydrogen-bond donors (Lipinski definition) is 0. The van der Waals surface area contributed by atoms with Gasteiger partial charge in [-0.15, -0.1) is 0 Å². The van der Waals surface area contributed by atoms with Crippen molar-refractivity contribution < 1.29 is 18.0 Å². The summed E-state index contributed by atoms with van der Waals surface area (Å²) in [6, 6.07) is 10.7. The highest BCUT2D eigenvalue weighted by Gasteiger charge is 2.38. The molecule has 138 valence electrons. The molecule has 0 aliphatic carbocycles. The number of carbonyl (C=O) groups is 1. The van der Waals surface area contributed by atoms with E-state index in [1.165, 1.54) is 16.5 Å². The van der Waals surface area contributed by atoms with E-state index in [-0.39, 0.29) is 22.8 Å². The van der Waals surface area contributed by atoms with Gasteiger partial charge in [-0.05, 0) is 18.2 Å². The van der Waals surface area contributed by atoms with Gasteiger partial charge in [0.15, 0.2) is 17.5 Å². The number of rotatable bonds is 2. The van der Waals surface area contributed by atoms with E-state index in [1.807, 2.05) is 0 Å². The first kappa shape index (κ1) is 17.5. The third kappa shape index (κ3) is 2.68. The summed E-state index contributed by atoms with van der Waals surface area (Å²) in [6.07, 6.45) is -0.163. The lowest BCUT2D eigenvalue weighted by Gasteiger charge is -2.32. The van der Waals surface area contributed by atoms with Gasteiger partial charge in [0.2, 0.25) is 5.91 Å². The zero-order chi connectivity index (χ0) is 19.3. The molecule has 0 fully saturated rings. The Morgan fingerprint density at radius 2 is 1.70 bits per heavy atom. The lowest BCUT2D eigenvalue weighted by Crippen LogP contribution is -2.34. The average molecular weight is 390 g/mol. The second-order valence-electron chi connectivity index (χ2n) is 6.20. The van der Waals surface area contributed by atoms with Crippen molar-refractivity contribution in [2.45, 2.75) is 12.3 Å². The van der Waals surface area contributed by atoms with Gasteiger partial charge in [-0.3, -0.25) is 19.1 Å². The molecule has 0 spiro atoms. The van der Waals surface area contributed by atoms with E-state index in [4.69, 9.17) is 0 Å². The number of hydrogen-bond acceptors (Lipinski definition) is 3. The van der Waals surface area contributed by atoms with E-state index < -0.39 is 23.4 Å². The summed E-state index contributed by atoms with van der Waals surface area (Å²) >= 11 is 0.870. The number of anilines is 2. The van der Waals surface area contributed by atoms with Crippen LogP contribution in [-0.4, -0.2) is 10.5 Å². The number of benzene rings is 2. The quantitative estimate of drug-likeness (QED) is 0.619. The summed E-state index contributed by atoms with van der Waals surface area (Å²) in [5.74, 6) is -5.13. The Kier molecular flexibility index (Phi) is 4.15. The van der Waals surface area contributed by atoms with Gasteiger partial charge in [0.1, 0.15) is 5.82 Å². The van der Waals surface area contributed by atoms with E-state index in [0.717, 1.165) is 23.5 Å². The van der Waals surface area contributed by atoms with Crippen LogP contribution in [0.1, 0.15) is 22.8 Å². The first-order chi connectivity index (χ1) is 12.9. The molecule has 0 N–H and O–H groups in total. The molecule has 0 radical (unpaired) electrons. The maximum absolute atomic E-state index is 14.4. The van der Waals surface area contributed by atoms with Crippen LogP contribution in [0.25, 0.3) is 0 Å². The summed E-state index contributed by atoms with van der Waals surface area (Å²) in [6.45, 7) is 0. The molecule has 0 unspecified atom stereocenters. The third-order valence-corrected chi connectivity index (χ3v) is 5.76. The molecule has 4 rings (SSSR count). The highest BCUT2D eigenvalue weighted by Crippen LogP contribution is 2.45. The molecule has 0 saturated heterocycles. The summed E-state index contributed by atoms with van der Waals surface area (Å²) < 4.78 is 42.7. The highest BCUT2D eigenvalue weighted by atomic mass is 32.1. The predicted octanol–water partition coefficient (Wildman–Crippen LogP) is 4.06. The summed E-state index contributed by atoms with van der Waals surface area (Å²) in [5.41, 5.74) is 0.430. The Balaban J connectivity index is 1.93. The van der Waals surface area contributed by atoms with Gasteiger partial charge in [-0.1, -0.05) is 35.6 Å². The predicted molar refractivity (Wildman–Crippen MR) is 95.9 cm³/mol. The van der Waals surface area contributed by atoms with Crippen LogP contribution in [0, 0.1) is 17.5 Å². The van der Waals surface area contributed by atoms with Gasteiger partial charge in [0, 0.05) is 24.9 Å². The summed E-state index contributed by atoms with van der Waals surface area (Å²) in [7, 11) is 1.52. The van der Waals surface area contributed by atoms with Crippen molar-refractivity contribution in [1.82, 2.24) is 4.57 Å². The van der Waals surface area contributed by atoms with Crippen LogP contribution in [-0.2, 0) is 11.8 Å². The van der Waals surface area contributed by atoms with E-state index in [0.29, 0.717) is 16.4 Å². The van der Waals surface area contributed by atoms with E-state index in [9.17, 15) is 22.8 Å². The molecular weight excluding hydrogens is 377 g/mol. The fraction of sp³-hybridized carbons (Fsp3) is 0.158. The maximum Gasteiger partial charge on any atom is 0.308 e. The topological polar surface area (TPSA) is 42.3 Å². The zero-order valence-electron chi connectivity index (χ0n) is 14.1. The van der Waals surface area contributed by atoms with Crippen LogP contribution in [0.4, 0.5) is 24.7 Å². The molecule has 1 aromatic heterocycles. The van der Waals surface area contributed by atoms with Gasteiger partial charge < -0.3 is 0 Å². The Morgan fingerprint density at radius 1 is 1.00 bits per heavy atom. The van der Waals surface area contributed by atoms with Gasteiger partial charge in [-0.2, -0.15) is 0 Å². The number of aromatic nitrogens is 1. The molecule has 2 aromatic carbocycles. The Bertz CT molecular complexity index is 1110. The normalized spacial score (nSPS) is 16.5. The number of thiazole rings is 1.